The Bertz CT molecular complexity index is 515. The van der Waals surface area contributed by atoms with Gasteiger partial charge in [0.15, 0.2) is 0 Å². The van der Waals surface area contributed by atoms with Crippen molar-refractivity contribution in [2.45, 2.75) is 44.6 Å². The van der Waals surface area contributed by atoms with Crippen LogP contribution in [0.25, 0.3) is 0 Å². The molecule has 0 saturated carbocycles. The molecule has 0 radical (unpaired) electrons. The van der Waals surface area contributed by atoms with Crippen molar-refractivity contribution in [3.8, 4) is 0 Å². The van der Waals surface area contributed by atoms with Gasteiger partial charge >= 0.3 is 5.97 Å². The molecule has 0 amide bonds. The summed E-state index contributed by atoms with van der Waals surface area (Å²) >= 11 is 0. The van der Waals surface area contributed by atoms with Crippen LogP contribution < -0.4 is 0 Å². The van der Waals surface area contributed by atoms with Gasteiger partial charge in [0.05, 0.1) is 11.6 Å². The van der Waals surface area contributed by atoms with Gasteiger partial charge < -0.3 is 14.4 Å². The third-order valence-corrected chi connectivity index (χ3v) is 4.51. The van der Waals surface area contributed by atoms with Crippen molar-refractivity contribution in [3.05, 3.63) is 17.2 Å². The minimum absolute atomic E-state index is 0.285. The van der Waals surface area contributed by atoms with E-state index in [9.17, 15) is 4.79 Å². The van der Waals surface area contributed by atoms with E-state index in [4.69, 9.17) is 14.8 Å². The molecule has 1 aliphatic carbocycles. The average molecular weight is 264 g/mol. The summed E-state index contributed by atoms with van der Waals surface area (Å²) in [6.45, 7) is 2.87. The Morgan fingerprint density at radius 3 is 3.00 bits per heavy atom. The summed E-state index contributed by atoms with van der Waals surface area (Å²) in [5.74, 6) is -0.0326. The molecule has 0 spiro atoms. The highest BCUT2D eigenvalue weighted by molar-refractivity contribution is 5.70. The van der Waals surface area contributed by atoms with Crippen LogP contribution in [0.3, 0.4) is 0 Å². The number of carboxylic acid groups (broad SMARTS) is 1. The maximum Gasteiger partial charge on any atom is 0.306 e. The van der Waals surface area contributed by atoms with Crippen molar-refractivity contribution < 1.29 is 14.6 Å². The zero-order valence-corrected chi connectivity index (χ0v) is 11.5. The second-order valence-corrected chi connectivity index (χ2v) is 5.85. The summed E-state index contributed by atoms with van der Waals surface area (Å²) in [7, 11) is 2.02. The van der Waals surface area contributed by atoms with Crippen molar-refractivity contribution >= 4 is 5.97 Å². The van der Waals surface area contributed by atoms with Crippen molar-refractivity contribution in [2.24, 2.45) is 13.0 Å². The number of carboxylic acids is 1. The zero-order chi connectivity index (χ0) is 13.6. The number of carbonyl (C=O) groups is 1. The van der Waals surface area contributed by atoms with Crippen LogP contribution >= 0.6 is 0 Å². The number of ether oxygens (including phenoxy) is 1. The summed E-state index contributed by atoms with van der Waals surface area (Å²) < 4.78 is 7.98. The Balaban J connectivity index is 1.96. The summed E-state index contributed by atoms with van der Waals surface area (Å²) in [5.41, 5.74) is 1.84. The number of imidazole rings is 1. The molecule has 3 rings (SSSR count). The van der Waals surface area contributed by atoms with Gasteiger partial charge in [-0.05, 0) is 32.6 Å². The summed E-state index contributed by atoms with van der Waals surface area (Å²) in [6.07, 6.45) is 4.10. The molecule has 5 nitrogen and oxygen atoms in total. The lowest BCUT2D eigenvalue weighted by Crippen LogP contribution is -2.25. The predicted octanol–water partition coefficient (Wildman–Crippen LogP) is 1.64. The first-order valence-electron chi connectivity index (χ1n) is 6.93. The molecular formula is C14H20N2O3. The quantitative estimate of drug-likeness (QED) is 0.882. The number of nitrogens with zero attached hydrogens (tertiary/aromatic N) is 2. The molecule has 104 valence electrons. The van der Waals surface area contributed by atoms with Gasteiger partial charge in [-0.1, -0.05) is 0 Å². The van der Waals surface area contributed by atoms with Crippen LogP contribution in [0.15, 0.2) is 0 Å². The first-order chi connectivity index (χ1) is 9.01. The maximum absolute atomic E-state index is 11.1. The molecule has 1 aromatic rings. The van der Waals surface area contributed by atoms with Crippen LogP contribution in [0.2, 0.25) is 0 Å². The lowest BCUT2D eigenvalue weighted by atomic mass is 9.90. The van der Waals surface area contributed by atoms with E-state index >= 15 is 0 Å². The van der Waals surface area contributed by atoms with Crippen molar-refractivity contribution in [3.63, 3.8) is 0 Å². The fourth-order valence-electron chi connectivity index (χ4n) is 3.35. The van der Waals surface area contributed by atoms with Gasteiger partial charge in [0.2, 0.25) is 0 Å². The predicted molar refractivity (Wildman–Crippen MR) is 68.9 cm³/mol. The van der Waals surface area contributed by atoms with E-state index < -0.39 is 5.97 Å². The third kappa shape index (κ3) is 1.96. The van der Waals surface area contributed by atoms with Gasteiger partial charge in [0.1, 0.15) is 11.4 Å². The highest BCUT2D eigenvalue weighted by atomic mass is 16.5. The molecule has 1 aliphatic heterocycles. The molecule has 5 heteroatoms. The smallest absolute Gasteiger partial charge is 0.306 e. The molecule has 1 saturated heterocycles. The van der Waals surface area contributed by atoms with E-state index in [-0.39, 0.29) is 11.5 Å². The van der Waals surface area contributed by atoms with Crippen molar-refractivity contribution in [1.29, 1.82) is 0 Å². The first-order valence-corrected chi connectivity index (χ1v) is 6.93. The second kappa shape index (κ2) is 4.34. The van der Waals surface area contributed by atoms with Crippen molar-refractivity contribution in [2.75, 3.05) is 6.61 Å². The topological polar surface area (TPSA) is 64.4 Å². The Hall–Kier alpha value is -1.36. The summed E-state index contributed by atoms with van der Waals surface area (Å²) in [5, 5.41) is 9.14. The van der Waals surface area contributed by atoms with E-state index in [1.165, 1.54) is 5.69 Å². The molecule has 0 bridgehead atoms. The Morgan fingerprint density at radius 2 is 2.37 bits per heavy atom. The minimum atomic E-state index is -0.707. The molecule has 1 aromatic heterocycles. The number of hydrogen-bond donors (Lipinski definition) is 1. The highest BCUT2D eigenvalue weighted by Gasteiger charge is 2.38. The summed E-state index contributed by atoms with van der Waals surface area (Å²) in [4.78, 5) is 15.8. The normalized spacial score (nSPS) is 30.3. The van der Waals surface area contributed by atoms with Crippen LogP contribution in [0, 0.1) is 5.92 Å². The van der Waals surface area contributed by atoms with Crippen LogP contribution in [0.5, 0.6) is 0 Å². The Labute approximate surface area is 112 Å². The molecule has 2 unspecified atom stereocenters. The van der Waals surface area contributed by atoms with Gasteiger partial charge in [0.25, 0.3) is 0 Å². The molecule has 1 N–H and O–H groups in total. The number of hydrogen-bond acceptors (Lipinski definition) is 3. The Kier molecular flexibility index (Phi) is 2.89. The van der Waals surface area contributed by atoms with Crippen LogP contribution in [0.1, 0.15) is 43.4 Å². The van der Waals surface area contributed by atoms with Gasteiger partial charge in [-0.2, -0.15) is 0 Å². The first kappa shape index (κ1) is 12.7. The Morgan fingerprint density at radius 1 is 1.58 bits per heavy atom. The SMILES string of the molecule is Cn1c(C2(C)CCCO2)nc2c1CCC(C(=O)O)C2. The standard InChI is InChI=1S/C14H20N2O3/c1-14(6-3-7-19-14)13-15-10-8-9(12(17)18)4-5-11(10)16(13)2/h9H,3-8H2,1-2H3,(H,17,18). The lowest BCUT2D eigenvalue weighted by Gasteiger charge is -2.23. The fourth-order valence-corrected chi connectivity index (χ4v) is 3.35. The molecule has 2 aliphatic rings. The third-order valence-electron chi connectivity index (χ3n) is 4.51. The van der Waals surface area contributed by atoms with E-state index in [0.29, 0.717) is 12.8 Å². The largest absolute Gasteiger partial charge is 0.481 e. The van der Waals surface area contributed by atoms with E-state index in [2.05, 4.69) is 11.5 Å². The molecule has 1 fully saturated rings. The number of rotatable bonds is 2. The van der Waals surface area contributed by atoms with Crippen LogP contribution in [-0.2, 0) is 35.0 Å². The molecule has 19 heavy (non-hydrogen) atoms. The number of aromatic nitrogens is 2. The molecule has 2 heterocycles. The number of fused-ring (bicyclic) bond motifs is 1. The van der Waals surface area contributed by atoms with Gasteiger partial charge in [-0.25, -0.2) is 4.98 Å². The molecule has 2 atom stereocenters. The lowest BCUT2D eigenvalue weighted by molar-refractivity contribution is -0.142. The highest BCUT2D eigenvalue weighted by Crippen LogP contribution is 2.37. The number of aliphatic carboxylic acids is 1. The second-order valence-electron chi connectivity index (χ2n) is 5.85. The van der Waals surface area contributed by atoms with E-state index in [0.717, 1.165) is 37.4 Å². The average Bonchev–Trinajstić information content (AvgIpc) is 2.95. The van der Waals surface area contributed by atoms with Crippen molar-refractivity contribution in [1.82, 2.24) is 9.55 Å². The van der Waals surface area contributed by atoms with E-state index in [1.54, 1.807) is 0 Å². The van der Waals surface area contributed by atoms with E-state index in [1.807, 2.05) is 7.05 Å². The monoisotopic (exact) mass is 264 g/mol. The van der Waals surface area contributed by atoms with Gasteiger partial charge in [0, 0.05) is 25.8 Å². The van der Waals surface area contributed by atoms with Gasteiger partial charge in [-0.15, -0.1) is 0 Å². The zero-order valence-electron chi connectivity index (χ0n) is 11.5. The minimum Gasteiger partial charge on any atom is -0.481 e. The fraction of sp³-hybridized carbons (Fsp3) is 0.714. The molecular weight excluding hydrogens is 244 g/mol. The maximum atomic E-state index is 11.1. The molecule has 0 aromatic carbocycles. The van der Waals surface area contributed by atoms with Gasteiger partial charge in [-0.3, -0.25) is 4.79 Å². The summed E-state index contributed by atoms with van der Waals surface area (Å²) in [6, 6.07) is 0. The van der Waals surface area contributed by atoms with Crippen LogP contribution in [-0.4, -0.2) is 27.2 Å². The van der Waals surface area contributed by atoms with Crippen LogP contribution in [0.4, 0.5) is 0 Å².